The molecule has 35 heavy (non-hydrogen) atoms. The summed E-state index contributed by atoms with van der Waals surface area (Å²) in [6.07, 6.45) is 1.20. The summed E-state index contributed by atoms with van der Waals surface area (Å²) in [4.78, 5) is 55.5. The second-order valence-electron chi connectivity index (χ2n) is 10.0. The first-order valence-electron chi connectivity index (χ1n) is 11.9. The van der Waals surface area contributed by atoms with Gasteiger partial charge in [0.2, 0.25) is 5.91 Å². The molecule has 2 aromatic rings. The van der Waals surface area contributed by atoms with Crippen LogP contribution in [0.15, 0.2) is 36.4 Å². The Bertz CT molecular complexity index is 1230. The van der Waals surface area contributed by atoms with Gasteiger partial charge in [0.05, 0.1) is 23.1 Å². The smallest absolute Gasteiger partial charge is 0.262 e. The molecule has 3 heterocycles. The number of rotatable bonds is 3. The van der Waals surface area contributed by atoms with E-state index in [4.69, 9.17) is 16.3 Å². The summed E-state index contributed by atoms with van der Waals surface area (Å²) in [5.74, 6) is -0.822. The van der Waals surface area contributed by atoms with Crippen LogP contribution >= 0.6 is 11.6 Å². The monoisotopic (exact) mass is 494 g/mol. The standard InChI is InChI=1S/C27H27ClN2O5/c1-15(2)22(30-24(32)18-6-4-5-7-19(18)25(30)33)26(34)29-10-8-27(9-11-29)14-21(31)20-13-17(28)12-16(3)23(20)35-27/h4-7,12-13,15,22H,8-11,14H2,1-3H3. The number of ether oxygens (including phenoxy) is 1. The molecule has 0 aliphatic carbocycles. The molecular formula is C27H27ClN2O5. The Morgan fingerprint density at radius 3 is 2.17 bits per heavy atom. The van der Waals surface area contributed by atoms with Gasteiger partial charge in [0, 0.05) is 31.0 Å². The van der Waals surface area contributed by atoms with E-state index in [2.05, 4.69) is 0 Å². The summed E-state index contributed by atoms with van der Waals surface area (Å²) < 4.78 is 6.39. The number of hydrogen-bond donors (Lipinski definition) is 0. The van der Waals surface area contributed by atoms with Crippen molar-refractivity contribution in [2.24, 2.45) is 5.92 Å². The van der Waals surface area contributed by atoms with E-state index in [1.807, 2.05) is 20.8 Å². The van der Waals surface area contributed by atoms with Crippen LogP contribution < -0.4 is 4.74 Å². The minimum absolute atomic E-state index is 0.0114. The van der Waals surface area contributed by atoms with Crippen LogP contribution in [-0.2, 0) is 4.79 Å². The van der Waals surface area contributed by atoms with Crippen molar-refractivity contribution in [3.8, 4) is 5.75 Å². The van der Waals surface area contributed by atoms with Gasteiger partial charge in [0.1, 0.15) is 17.4 Å². The van der Waals surface area contributed by atoms with E-state index in [1.165, 1.54) is 0 Å². The number of aryl methyl sites for hydroxylation is 1. The van der Waals surface area contributed by atoms with Crippen LogP contribution in [0.2, 0.25) is 5.02 Å². The third-order valence-electron chi connectivity index (χ3n) is 7.32. The Hall–Kier alpha value is -3.19. The van der Waals surface area contributed by atoms with Gasteiger partial charge in [-0.2, -0.15) is 0 Å². The molecule has 8 heteroatoms. The van der Waals surface area contributed by atoms with E-state index in [0.717, 1.165) is 10.5 Å². The Morgan fingerprint density at radius 1 is 1.00 bits per heavy atom. The Kier molecular flexibility index (Phi) is 5.71. The van der Waals surface area contributed by atoms with Crippen molar-refractivity contribution in [2.75, 3.05) is 13.1 Å². The second-order valence-corrected chi connectivity index (χ2v) is 10.5. The first-order valence-corrected chi connectivity index (χ1v) is 12.3. The van der Waals surface area contributed by atoms with Crippen LogP contribution in [0.5, 0.6) is 5.75 Å². The maximum Gasteiger partial charge on any atom is 0.262 e. The number of likely N-dealkylation sites (tertiary alicyclic amines) is 1. The zero-order chi connectivity index (χ0) is 25.1. The topological polar surface area (TPSA) is 84.0 Å². The van der Waals surface area contributed by atoms with E-state index in [9.17, 15) is 19.2 Å². The maximum atomic E-state index is 13.7. The van der Waals surface area contributed by atoms with Crippen molar-refractivity contribution in [3.63, 3.8) is 0 Å². The van der Waals surface area contributed by atoms with Crippen LogP contribution in [0, 0.1) is 12.8 Å². The Balaban J connectivity index is 1.34. The van der Waals surface area contributed by atoms with E-state index >= 15 is 0 Å². The third kappa shape index (κ3) is 3.82. The lowest BCUT2D eigenvalue weighted by atomic mass is 9.81. The lowest BCUT2D eigenvalue weighted by Crippen LogP contribution is -2.58. The number of halogens is 1. The number of piperidine rings is 1. The van der Waals surface area contributed by atoms with Crippen molar-refractivity contribution >= 4 is 35.1 Å². The average Bonchev–Trinajstić information content (AvgIpc) is 3.06. The summed E-state index contributed by atoms with van der Waals surface area (Å²) in [6, 6.07) is 9.19. The van der Waals surface area contributed by atoms with E-state index in [1.54, 1.807) is 41.3 Å². The van der Waals surface area contributed by atoms with Crippen molar-refractivity contribution in [1.29, 1.82) is 0 Å². The molecule has 3 aliphatic rings. The van der Waals surface area contributed by atoms with Crippen LogP contribution in [0.25, 0.3) is 0 Å². The summed E-state index contributed by atoms with van der Waals surface area (Å²) in [7, 11) is 0. The molecule has 2 aromatic carbocycles. The predicted octanol–water partition coefficient (Wildman–Crippen LogP) is 4.30. The number of nitrogens with zero attached hydrogens (tertiary/aromatic N) is 2. The van der Waals surface area contributed by atoms with Gasteiger partial charge in [0.25, 0.3) is 11.8 Å². The van der Waals surface area contributed by atoms with Crippen molar-refractivity contribution < 1.29 is 23.9 Å². The molecule has 1 atom stereocenters. The van der Waals surface area contributed by atoms with Crippen molar-refractivity contribution in [2.45, 2.75) is 51.7 Å². The second kappa shape index (κ2) is 8.48. The fraction of sp³-hybridized carbons (Fsp3) is 0.407. The molecule has 0 aromatic heterocycles. The molecule has 0 radical (unpaired) electrons. The lowest BCUT2D eigenvalue weighted by molar-refractivity contribution is -0.140. The molecular weight excluding hydrogens is 468 g/mol. The number of carbonyl (C=O) groups excluding carboxylic acids is 4. The number of Topliss-reactive ketones (excluding diaryl/α,β-unsaturated/α-hetero) is 1. The lowest BCUT2D eigenvalue weighted by Gasteiger charge is -2.45. The number of carbonyl (C=O) groups is 4. The highest BCUT2D eigenvalue weighted by Gasteiger charge is 2.48. The Morgan fingerprint density at radius 2 is 1.60 bits per heavy atom. The SMILES string of the molecule is Cc1cc(Cl)cc2c1OC1(CCN(C(=O)C(C(C)C)N3C(=O)c4ccccc4C3=O)CC1)CC2=O. The van der Waals surface area contributed by atoms with Gasteiger partial charge in [-0.15, -0.1) is 0 Å². The summed E-state index contributed by atoms with van der Waals surface area (Å²) in [5, 5.41) is 0.502. The van der Waals surface area contributed by atoms with Crippen molar-refractivity contribution in [3.05, 3.63) is 63.7 Å². The van der Waals surface area contributed by atoms with Crippen molar-refractivity contribution in [1.82, 2.24) is 9.80 Å². The molecule has 0 N–H and O–H groups in total. The fourth-order valence-electron chi connectivity index (χ4n) is 5.47. The molecule has 182 valence electrons. The van der Waals surface area contributed by atoms with Gasteiger partial charge >= 0.3 is 0 Å². The molecule has 0 saturated carbocycles. The van der Waals surface area contributed by atoms with E-state index < -0.39 is 23.5 Å². The highest BCUT2D eigenvalue weighted by atomic mass is 35.5. The highest BCUT2D eigenvalue weighted by molar-refractivity contribution is 6.31. The molecule has 0 bridgehead atoms. The number of hydrogen-bond acceptors (Lipinski definition) is 5. The molecule has 3 amide bonds. The van der Waals surface area contributed by atoms with Gasteiger partial charge < -0.3 is 9.64 Å². The zero-order valence-corrected chi connectivity index (χ0v) is 20.7. The predicted molar refractivity (Wildman–Crippen MR) is 130 cm³/mol. The largest absolute Gasteiger partial charge is 0.486 e. The molecule has 5 rings (SSSR count). The number of benzene rings is 2. The average molecular weight is 495 g/mol. The maximum absolute atomic E-state index is 13.7. The summed E-state index contributed by atoms with van der Waals surface area (Å²) >= 11 is 6.13. The van der Waals surface area contributed by atoms with Gasteiger partial charge in [-0.3, -0.25) is 24.1 Å². The van der Waals surface area contributed by atoms with E-state index in [-0.39, 0.29) is 24.0 Å². The molecule has 1 saturated heterocycles. The number of imide groups is 1. The molecule has 1 unspecified atom stereocenters. The zero-order valence-electron chi connectivity index (χ0n) is 20.0. The summed E-state index contributed by atoms with van der Waals surface area (Å²) in [6.45, 7) is 6.29. The van der Waals surface area contributed by atoms with Crippen LogP contribution in [-0.4, -0.2) is 58.0 Å². The van der Waals surface area contributed by atoms with Crippen LogP contribution in [0.1, 0.15) is 69.7 Å². The van der Waals surface area contributed by atoms with Gasteiger partial charge in [-0.1, -0.05) is 37.6 Å². The highest BCUT2D eigenvalue weighted by Crippen LogP contribution is 2.42. The Labute approximate surface area is 209 Å². The number of fused-ring (bicyclic) bond motifs is 2. The normalized spacial score (nSPS) is 19.6. The quantitative estimate of drug-likeness (QED) is 0.594. The number of ketones is 1. The van der Waals surface area contributed by atoms with Crippen LogP contribution in [0.3, 0.4) is 0 Å². The third-order valence-corrected chi connectivity index (χ3v) is 7.53. The minimum atomic E-state index is -0.893. The van der Waals surface area contributed by atoms with Gasteiger partial charge in [-0.05, 0) is 42.7 Å². The van der Waals surface area contributed by atoms with E-state index in [0.29, 0.717) is 53.4 Å². The fourth-order valence-corrected chi connectivity index (χ4v) is 5.74. The molecule has 1 spiro atoms. The first-order chi connectivity index (χ1) is 16.6. The van der Waals surface area contributed by atoms with Gasteiger partial charge in [-0.25, -0.2) is 0 Å². The molecule has 1 fully saturated rings. The summed E-state index contributed by atoms with van der Waals surface area (Å²) in [5.41, 5.74) is 1.30. The van der Waals surface area contributed by atoms with Gasteiger partial charge in [0.15, 0.2) is 5.78 Å². The molecule has 3 aliphatic heterocycles. The van der Waals surface area contributed by atoms with Crippen LogP contribution in [0.4, 0.5) is 0 Å². The molecule has 7 nitrogen and oxygen atoms in total. The minimum Gasteiger partial charge on any atom is -0.486 e. The first kappa shape index (κ1) is 23.5. The number of amides is 3.